The number of carbonyl (C=O) groups excluding carboxylic acids is 1. The molecule has 6 heteroatoms. The maximum absolute atomic E-state index is 12.1. The minimum absolute atomic E-state index is 0.0978. The highest BCUT2D eigenvalue weighted by Crippen LogP contribution is 2.25. The molecule has 0 aromatic carbocycles. The number of ether oxygens (including phenoxy) is 2. The molecular formula is C14H21N3O3. The van der Waals surface area contributed by atoms with Gasteiger partial charge in [0.15, 0.2) is 0 Å². The third-order valence-electron chi connectivity index (χ3n) is 3.26. The van der Waals surface area contributed by atoms with Crippen molar-refractivity contribution in [3.8, 4) is 0 Å². The molecule has 6 nitrogen and oxygen atoms in total. The van der Waals surface area contributed by atoms with Crippen LogP contribution in [0.2, 0.25) is 0 Å². The molecule has 1 aliphatic rings. The Kier molecular flexibility index (Phi) is 4.44. The number of aromatic nitrogens is 1. The molecule has 1 aliphatic heterocycles. The van der Waals surface area contributed by atoms with Gasteiger partial charge in [0.25, 0.3) is 0 Å². The van der Waals surface area contributed by atoms with Crippen LogP contribution in [0.25, 0.3) is 0 Å². The molecule has 2 rings (SSSR count). The Labute approximate surface area is 118 Å². The van der Waals surface area contributed by atoms with Crippen LogP contribution in [0.5, 0.6) is 0 Å². The Bertz CT molecular complexity index is 493. The van der Waals surface area contributed by atoms with E-state index in [1.54, 1.807) is 19.2 Å². The van der Waals surface area contributed by atoms with Crippen LogP contribution in [0.15, 0.2) is 12.3 Å². The van der Waals surface area contributed by atoms with Crippen molar-refractivity contribution in [1.82, 2.24) is 4.98 Å². The fraction of sp³-hybridized carbons (Fsp3) is 0.571. The van der Waals surface area contributed by atoms with E-state index in [1.807, 2.05) is 13.8 Å². The molecule has 2 unspecified atom stereocenters. The molecule has 110 valence electrons. The molecule has 2 atom stereocenters. The first kappa shape index (κ1) is 14.6. The zero-order valence-electron chi connectivity index (χ0n) is 12.1. The Morgan fingerprint density at radius 3 is 3.05 bits per heavy atom. The molecule has 0 spiro atoms. The summed E-state index contributed by atoms with van der Waals surface area (Å²) in [6.07, 6.45) is 1.66. The van der Waals surface area contributed by atoms with E-state index in [0.717, 1.165) is 0 Å². The van der Waals surface area contributed by atoms with Crippen molar-refractivity contribution < 1.29 is 14.3 Å². The van der Waals surface area contributed by atoms with Crippen LogP contribution in [0.3, 0.4) is 0 Å². The lowest BCUT2D eigenvalue weighted by molar-refractivity contribution is 0.0335. The number of nitrogens with two attached hydrogens (primary N) is 1. The quantitative estimate of drug-likeness (QED) is 0.844. The van der Waals surface area contributed by atoms with Gasteiger partial charge in [0.1, 0.15) is 11.4 Å². The summed E-state index contributed by atoms with van der Waals surface area (Å²) in [7, 11) is 0. The number of rotatable bonds is 3. The summed E-state index contributed by atoms with van der Waals surface area (Å²) in [5.74, 6) is 0.217. The number of anilines is 2. The second kappa shape index (κ2) is 6.09. The van der Waals surface area contributed by atoms with Crippen molar-refractivity contribution in [2.24, 2.45) is 0 Å². The van der Waals surface area contributed by atoms with Crippen molar-refractivity contribution in [2.45, 2.75) is 32.9 Å². The first-order valence-electron chi connectivity index (χ1n) is 6.83. The molecule has 0 bridgehead atoms. The average molecular weight is 279 g/mol. The summed E-state index contributed by atoms with van der Waals surface area (Å²) in [6, 6.07) is 1.77. The van der Waals surface area contributed by atoms with E-state index < -0.39 is 5.97 Å². The van der Waals surface area contributed by atoms with Gasteiger partial charge < -0.3 is 20.1 Å². The molecule has 2 heterocycles. The summed E-state index contributed by atoms with van der Waals surface area (Å²) in [5.41, 5.74) is 6.60. The molecule has 0 amide bonds. The summed E-state index contributed by atoms with van der Waals surface area (Å²) < 4.78 is 10.7. The number of nitrogens with zero attached hydrogens (tertiary/aromatic N) is 2. The highest BCUT2D eigenvalue weighted by atomic mass is 16.5. The zero-order valence-corrected chi connectivity index (χ0v) is 12.1. The summed E-state index contributed by atoms with van der Waals surface area (Å²) in [5, 5.41) is 0. The van der Waals surface area contributed by atoms with E-state index in [4.69, 9.17) is 15.2 Å². The second-order valence-electron chi connectivity index (χ2n) is 5.01. The van der Waals surface area contributed by atoms with Crippen molar-refractivity contribution in [3.63, 3.8) is 0 Å². The normalized spacial score (nSPS) is 22.6. The predicted molar refractivity (Wildman–Crippen MR) is 76.8 cm³/mol. The topological polar surface area (TPSA) is 77.7 Å². The van der Waals surface area contributed by atoms with Gasteiger partial charge in [-0.3, -0.25) is 0 Å². The maximum atomic E-state index is 12.1. The van der Waals surface area contributed by atoms with E-state index in [9.17, 15) is 4.79 Å². The highest BCUT2D eigenvalue weighted by molar-refractivity contribution is 5.95. The van der Waals surface area contributed by atoms with Crippen molar-refractivity contribution in [1.29, 1.82) is 0 Å². The van der Waals surface area contributed by atoms with Crippen LogP contribution in [-0.2, 0) is 9.47 Å². The van der Waals surface area contributed by atoms with Gasteiger partial charge in [-0.25, -0.2) is 9.78 Å². The SMILES string of the molecule is CCOC(=O)c1cc(N)cnc1N1CC(C)OCC1C. The first-order chi connectivity index (χ1) is 9.52. The number of pyridine rings is 1. The van der Waals surface area contributed by atoms with E-state index in [2.05, 4.69) is 9.88 Å². The van der Waals surface area contributed by atoms with Crippen LogP contribution < -0.4 is 10.6 Å². The predicted octanol–water partition coefficient (Wildman–Crippen LogP) is 1.45. The van der Waals surface area contributed by atoms with E-state index in [0.29, 0.717) is 36.8 Å². The van der Waals surface area contributed by atoms with Gasteiger partial charge in [-0.15, -0.1) is 0 Å². The smallest absolute Gasteiger partial charge is 0.341 e. The molecule has 0 radical (unpaired) electrons. The van der Waals surface area contributed by atoms with Crippen LogP contribution in [0.4, 0.5) is 11.5 Å². The maximum Gasteiger partial charge on any atom is 0.341 e. The lowest BCUT2D eigenvalue weighted by Gasteiger charge is -2.38. The third kappa shape index (κ3) is 3.01. The molecule has 1 saturated heterocycles. The molecule has 2 N–H and O–H groups in total. The van der Waals surface area contributed by atoms with Gasteiger partial charge in [-0.1, -0.05) is 0 Å². The van der Waals surface area contributed by atoms with Gasteiger partial charge in [0, 0.05) is 6.54 Å². The number of carbonyl (C=O) groups is 1. The van der Waals surface area contributed by atoms with E-state index in [1.165, 1.54) is 0 Å². The highest BCUT2D eigenvalue weighted by Gasteiger charge is 2.28. The molecule has 1 aromatic rings. The fourth-order valence-corrected chi connectivity index (χ4v) is 2.26. The van der Waals surface area contributed by atoms with Crippen LogP contribution in [-0.4, -0.2) is 42.9 Å². The first-order valence-corrected chi connectivity index (χ1v) is 6.83. The van der Waals surface area contributed by atoms with E-state index in [-0.39, 0.29) is 12.1 Å². The minimum Gasteiger partial charge on any atom is -0.462 e. The third-order valence-corrected chi connectivity index (χ3v) is 3.26. The second-order valence-corrected chi connectivity index (χ2v) is 5.01. The van der Waals surface area contributed by atoms with Gasteiger partial charge in [-0.2, -0.15) is 0 Å². The lowest BCUT2D eigenvalue weighted by atomic mass is 10.1. The number of morpholine rings is 1. The van der Waals surface area contributed by atoms with E-state index >= 15 is 0 Å². The van der Waals surface area contributed by atoms with Crippen molar-refractivity contribution in [3.05, 3.63) is 17.8 Å². The number of nitrogen functional groups attached to an aromatic ring is 1. The largest absolute Gasteiger partial charge is 0.462 e. The Morgan fingerprint density at radius 1 is 1.60 bits per heavy atom. The number of hydrogen-bond donors (Lipinski definition) is 1. The Balaban J connectivity index is 2.37. The van der Waals surface area contributed by atoms with Gasteiger partial charge in [0.05, 0.1) is 37.2 Å². The Morgan fingerprint density at radius 2 is 2.35 bits per heavy atom. The molecule has 20 heavy (non-hydrogen) atoms. The molecule has 0 aliphatic carbocycles. The van der Waals surface area contributed by atoms with Crippen LogP contribution in [0.1, 0.15) is 31.1 Å². The standard InChI is InChI=1S/C14H21N3O3/c1-4-19-14(18)12-5-11(15)6-16-13(12)17-7-10(3)20-8-9(17)2/h5-6,9-10H,4,7-8,15H2,1-3H3. The lowest BCUT2D eigenvalue weighted by Crippen LogP contribution is -2.48. The van der Waals surface area contributed by atoms with Crippen LogP contribution >= 0.6 is 0 Å². The average Bonchev–Trinajstić information content (AvgIpc) is 2.42. The minimum atomic E-state index is -0.395. The monoisotopic (exact) mass is 279 g/mol. The summed E-state index contributed by atoms with van der Waals surface area (Å²) >= 11 is 0. The number of esters is 1. The Hall–Kier alpha value is -1.82. The zero-order chi connectivity index (χ0) is 14.7. The fourth-order valence-electron chi connectivity index (χ4n) is 2.26. The van der Waals surface area contributed by atoms with Gasteiger partial charge in [0.2, 0.25) is 0 Å². The summed E-state index contributed by atoms with van der Waals surface area (Å²) in [6.45, 7) is 7.43. The number of hydrogen-bond acceptors (Lipinski definition) is 6. The van der Waals surface area contributed by atoms with Crippen molar-refractivity contribution >= 4 is 17.5 Å². The molecule has 1 aromatic heterocycles. The van der Waals surface area contributed by atoms with Crippen molar-refractivity contribution in [2.75, 3.05) is 30.4 Å². The molecule has 0 saturated carbocycles. The molecular weight excluding hydrogens is 258 g/mol. The van der Waals surface area contributed by atoms with Crippen LogP contribution in [0, 0.1) is 0 Å². The summed E-state index contributed by atoms with van der Waals surface area (Å²) in [4.78, 5) is 18.5. The molecule has 1 fully saturated rings. The van der Waals surface area contributed by atoms with Gasteiger partial charge >= 0.3 is 5.97 Å². The van der Waals surface area contributed by atoms with Gasteiger partial charge in [-0.05, 0) is 26.8 Å².